The van der Waals surface area contributed by atoms with Gasteiger partial charge in [-0.3, -0.25) is 4.79 Å². The van der Waals surface area contributed by atoms with Crippen LogP contribution in [0.4, 0.5) is 10.1 Å². The van der Waals surface area contributed by atoms with E-state index in [1.807, 2.05) is 6.07 Å². The Hall–Kier alpha value is -3.33. The van der Waals surface area contributed by atoms with E-state index in [1.54, 1.807) is 24.3 Å². The molecule has 0 aliphatic rings. The molecule has 0 saturated carbocycles. The van der Waals surface area contributed by atoms with E-state index in [2.05, 4.69) is 10.6 Å². The number of hydrogen-bond acceptors (Lipinski definition) is 4. The van der Waals surface area contributed by atoms with Crippen LogP contribution in [-0.2, 0) is 11.2 Å². The van der Waals surface area contributed by atoms with Crippen LogP contribution in [0.2, 0.25) is 0 Å². The topological polar surface area (TPSA) is 85.2 Å². The van der Waals surface area contributed by atoms with Crippen molar-refractivity contribution in [2.75, 3.05) is 11.9 Å². The summed E-state index contributed by atoms with van der Waals surface area (Å²) in [6.07, 6.45) is 2.02. The molecule has 122 valence electrons. The summed E-state index contributed by atoms with van der Waals surface area (Å²) < 4.78 is 12.8. The van der Waals surface area contributed by atoms with E-state index in [1.165, 1.54) is 30.5 Å². The lowest BCUT2D eigenvalue weighted by molar-refractivity contribution is -0.112. The highest BCUT2D eigenvalue weighted by molar-refractivity contribution is 6.06. The van der Waals surface area contributed by atoms with Crippen LogP contribution in [0.3, 0.4) is 0 Å². The van der Waals surface area contributed by atoms with Crippen molar-refractivity contribution in [3.05, 3.63) is 71.7 Å². The van der Waals surface area contributed by atoms with E-state index >= 15 is 0 Å². The number of rotatable bonds is 6. The van der Waals surface area contributed by atoms with Gasteiger partial charge in [0.2, 0.25) is 0 Å². The number of anilines is 1. The van der Waals surface area contributed by atoms with Gasteiger partial charge in [-0.05, 0) is 48.4 Å². The molecule has 1 amide bonds. The van der Waals surface area contributed by atoms with Crippen molar-refractivity contribution in [2.24, 2.45) is 0 Å². The van der Waals surface area contributed by atoms with Crippen LogP contribution in [0, 0.1) is 17.1 Å². The molecule has 0 saturated heterocycles. The number of nitriles is 1. The second kappa shape index (κ2) is 8.34. The number of carbonyl (C=O) groups is 1. The molecule has 0 radical (unpaired) electrons. The average molecular weight is 325 g/mol. The number of hydrogen-bond donors (Lipinski definition) is 3. The first-order valence-corrected chi connectivity index (χ1v) is 7.27. The van der Waals surface area contributed by atoms with E-state index in [4.69, 9.17) is 5.26 Å². The first kappa shape index (κ1) is 17.0. The van der Waals surface area contributed by atoms with Gasteiger partial charge in [0, 0.05) is 18.4 Å². The number of carbonyl (C=O) groups excluding carboxylic acids is 1. The summed E-state index contributed by atoms with van der Waals surface area (Å²) in [5, 5.41) is 23.7. The van der Waals surface area contributed by atoms with Crippen molar-refractivity contribution in [3.63, 3.8) is 0 Å². The molecular formula is C18H16FN3O2. The van der Waals surface area contributed by atoms with Gasteiger partial charge >= 0.3 is 0 Å². The second-order valence-corrected chi connectivity index (χ2v) is 5.00. The summed E-state index contributed by atoms with van der Waals surface area (Å²) >= 11 is 0. The number of amides is 1. The maximum atomic E-state index is 12.8. The molecule has 0 spiro atoms. The third-order valence-electron chi connectivity index (χ3n) is 3.21. The van der Waals surface area contributed by atoms with Gasteiger partial charge in [0.1, 0.15) is 23.2 Å². The monoisotopic (exact) mass is 325 g/mol. The Morgan fingerprint density at radius 2 is 1.83 bits per heavy atom. The molecule has 5 nitrogen and oxygen atoms in total. The van der Waals surface area contributed by atoms with Gasteiger partial charge in [-0.1, -0.05) is 12.1 Å². The van der Waals surface area contributed by atoms with Crippen molar-refractivity contribution < 1.29 is 14.3 Å². The summed E-state index contributed by atoms with van der Waals surface area (Å²) in [5.41, 5.74) is 1.35. The van der Waals surface area contributed by atoms with E-state index in [-0.39, 0.29) is 11.3 Å². The number of nitrogens with zero attached hydrogens (tertiary/aromatic N) is 1. The van der Waals surface area contributed by atoms with Gasteiger partial charge < -0.3 is 15.7 Å². The first-order valence-electron chi connectivity index (χ1n) is 7.27. The average Bonchev–Trinajstić information content (AvgIpc) is 2.58. The number of aromatic hydroxyl groups is 1. The molecule has 24 heavy (non-hydrogen) atoms. The molecule has 0 unspecified atom stereocenters. The van der Waals surface area contributed by atoms with E-state index in [0.717, 1.165) is 5.56 Å². The van der Waals surface area contributed by atoms with Crippen LogP contribution in [0.5, 0.6) is 5.75 Å². The minimum Gasteiger partial charge on any atom is -0.508 e. The second-order valence-electron chi connectivity index (χ2n) is 5.00. The Morgan fingerprint density at radius 1 is 1.17 bits per heavy atom. The zero-order valence-corrected chi connectivity index (χ0v) is 12.8. The smallest absolute Gasteiger partial charge is 0.267 e. The summed E-state index contributed by atoms with van der Waals surface area (Å²) in [6, 6.07) is 13.9. The van der Waals surface area contributed by atoms with E-state index in [0.29, 0.717) is 18.7 Å². The van der Waals surface area contributed by atoms with Gasteiger partial charge in [-0.25, -0.2) is 4.39 Å². The molecule has 0 atom stereocenters. The van der Waals surface area contributed by atoms with Gasteiger partial charge in [-0.15, -0.1) is 0 Å². The van der Waals surface area contributed by atoms with Crippen molar-refractivity contribution in [1.29, 1.82) is 5.26 Å². The number of benzene rings is 2. The third kappa shape index (κ3) is 5.14. The Morgan fingerprint density at radius 3 is 2.46 bits per heavy atom. The molecule has 0 aliphatic heterocycles. The molecule has 0 aromatic heterocycles. The fourth-order valence-corrected chi connectivity index (χ4v) is 1.93. The SMILES string of the molecule is N#C/C(=C/NCCc1ccc(O)cc1)C(=O)Nc1ccc(F)cc1. The number of halogens is 1. The number of phenolic OH excluding ortho intramolecular Hbond substituents is 1. The van der Waals surface area contributed by atoms with Crippen molar-refractivity contribution in [2.45, 2.75) is 6.42 Å². The third-order valence-corrected chi connectivity index (χ3v) is 3.21. The molecule has 0 bridgehead atoms. The predicted molar refractivity (Wildman–Crippen MR) is 88.5 cm³/mol. The normalized spacial score (nSPS) is 10.8. The van der Waals surface area contributed by atoms with Crippen LogP contribution in [0.15, 0.2) is 60.3 Å². The van der Waals surface area contributed by atoms with E-state index < -0.39 is 11.7 Å². The van der Waals surface area contributed by atoms with Gasteiger partial charge in [0.25, 0.3) is 5.91 Å². The van der Waals surface area contributed by atoms with Crippen LogP contribution in [0.1, 0.15) is 5.56 Å². The van der Waals surface area contributed by atoms with Crippen molar-refractivity contribution >= 4 is 11.6 Å². The molecule has 0 fully saturated rings. The molecule has 2 aromatic rings. The fraction of sp³-hybridized carbons (Fsp3) is 0.111. The largest absolute Gasteiger partial charge is 0.508 e. The van der Waals surface area contributed by atoms with Crippen LogP contribution in [0.25, 0.3) is 0 Å². The molecule has 3 N–H and O–H groups in total. The van der Waals surface area contributed by atoms with Crippen LogP contribution >= 0.6 is 0 Å². The quantitative estimate of drug-likeness (QED) is 0.433. The highest BCUT2D eigenvalue weighted by atomic mass is 19.1. The van der Waals surface area contributed by atoms with Gasteiger partial charge in [0.05, 0.1) is 0 Å². The molecule has 0 aliphatic carbocycles. The van der Waals surface area contributed by atoms with Gasteiger partial charge in [-0.2, -0.15) is 5.26 Å². The van der Waals surface area contributed by atoms with Crippen LogP contribution in [-0.4, -0.2) is 17.6 Å². The lowest BCUT2D eigenvalue weighted by Crippen LogP contribution is -2.18. The zero-order chi connectivity index (χ0) is 17.4. The summed E-state index contributed by atoms with van der Waals surface area (Å²) in [4.78, 5) is 12.0. The maximum Gasteiger partial charge on any atom is 0.267 e. The Labute approximate surface area is 139 Å². The summed E-state index contributed by atoms with van der Waals surface area (Å²) in [5.74, 6) is -0.767. The highest BCUT2D eigenvalue weighted by Gasteiger charge is 2.09. The number of phenols is 1. The van der Waals surface area contributed by atoms with Gasteiger partial charge in [0.15, 0.2) is 0 Å². The Bertz CT molecular complexity index is 762. The molecule has 2 aromatic carbocycles. The van der Waals surface area contributed by atoms with E-state index in [9.17, 15) is 14.3 Å². The standard InChI is InChI=1S/C18H16FN3O2/c19-15-3-5-16(6-4-15)22-18(24)14(11-20)12-21-10-9-13-1-7-17(23)8-2-13/h1-8,12,21,23H,9-10H2,(H,22,24)/b14-12-. The lowest BCUT2D eigenvalue weighted by atomic mass is 10.1. The Balaban J connectivity index is 1.86. The maximum absolute atomic E-state index is 12.8. The summed E-state index contributed by atoms with van der Waals surface area (Å²) in [7, 11) is 0. The molecule has 0 heterocycles. The minimum atomic E-state index is -0.568. The predicted octanol–water partition coefficient (Wildman–Crippen LogP) is 2.71. The first-order chi connectivity index (χ1) is 11.6. The Kier molecular flexibility index (Phi) is 5.92. The van der Waals surface area contributed by atoms with Crippen LogP contribution < -0.4 is 10.6 Å². The minimum absolute atomic E-state index is 0.0787. The van der Waals surface area contributed by atoms with Crippen molar-refractivity contribution in [3.8, 4) is 11.8 Å². The summed E-state index contributed by atoms with van der Waals surface area (Å²) in [6.45, 7) is 0.528. The zero-order valence-electron chi connectivity index (χ0n) is 12.8. The lowest BCUT2D eigenvalue weighted by Gasteiger charge is -2.05. The fourth-order valence-electron chi connectivity index (χ4n) is 1.93. The van der Waals surface area contributed by atoms with Crippen molar-refractivity contribution in [1.82, 2.24) is 5.32 Å². The molecular weight excluding hydrogens is 309 g/mol. The molecule has 6 heteroatoms. The highest BCUT2D eigenvalue weighted by Crippen LogP contribution is 2.10. The molecule has 2 rings (SSSR count). The number of nitrogens with one attached hydrogen (secondary N) is 2.